The second kappa shape index (κ2) is 6.59. The summed E-state index contributed by atoms with van der Waals surface area (Å²) >= 11 is 0. The Morgan fingerprint density at radius 2 is 1.92 bits per heavy atom. The summed E-state index contributed by atoms with van der Waals surface area (Å²) < 4.78 is 18.5. The molecule has 2 atom stereocenters. The Morgan fingerprint density at radius 3 is 2.73 bits per heavy atom. The summed E-state index contributed by atoms with van der Waals surface area (Å²) in [6.07, 6.45) is 3.11. The summed E-state index contributed by atoms with van der Waals surface area (Å²) in [5, 5.41) is 0. The van der Waals surface area contributed by atoms with Crippen molar-refractivity contribution in [3.63, 3.8) is 0 Å². The predicted molar refractivity (Wildman–Crippen MR) is 96.7 cm³/mol. The van der Waals surface area contributed by atoms with Crippen molar-refractivity contribution in [2.75, 3.05) is 44.3 Å². The first-order valence-corrected chi connectivity index (χ1v) is 9.41. The summed E-state index contributed by atoms with van der Waals surface area (Å²) in [6.45, 7) is 6.20. The topological polar surface area (TPSA) is 41.5 Å². The molecule has 2 saturated heterocycles. The second-order valence-electron chi connectivity index (χ2n) is 7.57. The Morgan fingerprint density at radius 1 is 1.12 bits per heavy atom. The lowest BCUT2D eigenvalue weighted by Crippen LogP contribution is -2.37. The van der Waals surface area contributed by atoms with Crippen LogP contribution in [0.2, 0.25) is 0 Å². The minimum atomic E-state index is -0.173. The van der Waals surface area contributed by atoms with Crippen LogP contribution in [0.1, 0.15) is 22.7 Å². The molecular weight excluding hydrogens is 331 g/mol. The molecule has 1 aromatic heterocycles. The number of hydrogen-bond acceptors (Lipinski definition) is 5. The van der Waals surface area contributed by atoms with Gasteiger partial charge in [-0.25, -0.2) is 14.4 Å². The van der Waals surface area contributed by atoms with E-state index in [9.17, 15) is 4.39 Å². The van der Waals surface area contributed by atoms with Crippen LogP contribution < -0.4 is 4.90 Å². The fourth-order valence-corrected chi connectivity index (χ4v) is 4.54. The molecule has 2 fully saturated rings. The Balaban J connectivity index is 1.31. The van der Waals surface area contributed by atoms with Crippen molar-refractivity contribution in [2.45, 2.75) is 18.9 Å². The zero-order chi connectivity index (χ0) is 17.5. The number of likely N-dealkylation sites (tertiary alicyclic amines) is 1. The van der Waals surface area contributed by atoms with Crippen molar-refractivity contribution in [2.24, 2.45) is 5.92 Å². The molecule has 5 rings (SSSR count). The third-order valence-corrected chi connectivity index (χ3v) is 5.85. The van der Waals surface area contributed by atoms with Crippen molar-refractivity contribution in [3.05, 3.63) is 53.1 Å². The number of ether oxygens (including phenoxy) is 1. The van der Waals surface area contributed by atoms with Crippen LogP contribution in [0.3, 0.4) is 0 Å². The van der Waals surface area contributed by atoms with Gasteiger partial charge in [0.1, 0.15) is 5.82 Å². The van der Waals surface area contributed by atoms with Crippen LogP contribution in [-0.2, 0) is 17.7 Å². The molecule has 0 radical (unpaired) electrons. The lowest BCUT2D eigenvalue weighted by molar-refractivity contribution is 0.122. The highest BCUT2D eigenvalue weighted by molar-refractivity contribution is 5.39. The fraction of sp³-hybridized carbons (Fsp3) is 0.500. The van der Waals surface area contributed by atoms with E-state index < -0.39 is 0 Å². The van der Waals surface area contributed by atoms with Gasteiger partial charge in [-0.2, -0.15) is 0 Å². The summed E-state index contributed by atoms with van der Waals surface area (Å²) in [4.78, 5) is 14.3. The highest BCUT2D eigenvalue weighted by Gasteiger charge is 2.41. The van der Waals surface area contributed by atoms with Gasteiger partial charge >= 0.3 is 0 Å². The van der Waals surface area contributed by atoms with Crippen LogP contribution in [0, 0.1) is 11.7 Å². The van der Waals surface area contributed by atoms with Gasteiger partial charge < -0.3 is 9.64 Å². The first-order chi connectivity index (χ1) is 12.8. The number of nitrogens with zero attached hydrogens (tertiary/aromatic N) is 4. The minimum absolute atomic E-state index is 0.173. The Hall–Kier alpha value is -2.05. The number of anilines is 1. The third-order valence-electron chi connectivity index (χ3n) is 5.85. The van der Waals surface area contributed by atoms with Gasteiger partial charge in [-0.15, -0.1) is 0 Å². The zero-order valence-corrected chi connectivity index (χ0v) is 14.8. The van der Waals surface area contributed by atoms with Gasteiger partial charge in [-0.3, -0.25) is 4.90 Å². The quantitative estimate of drug-likeness (QED) is 0.845. The van der Waals surface area contributed by atoms with Crippen molar-refractivity contribution in [1.29, 1.82) is 0 Å². The van der Waals surface area contributed by atoms with Crippen LogP contribution >= 0.6 is 0 Å². The normalized spacial score (nSPS) is 25.3. The third kappa shape index (κ3) is 2.97. The Bertz CT molecular complexity index is 791. The van der Waals surface area contributed by atoms with E-state index in [2.05, 4.69) is 14.8 Å². The molecule has 26 heavy (non-hydrogen) atoms. The molecule has 6 heteroatoms. The van der Waals surface area contributed by atoms with E-state index in [0.717, 1.165) is 58.3 Å². The van der Waals surface area contributed by atoms with Gasteiger partial charge in [0.05, 0.1) is 18.9 Å². The first kappa shape index (κ1) is 16.1. The second-order valence-corrected chi connectivity index (χ2v) is 7.57. The SMILES string of the molecule is Fc1ccc(CN2C[C@@H]3Cc4cnc(N5CCOCC5)nc4[C@H]3C2)cc1. The van der Waals surface area contributed by atoms with E-state index >= 15 is 0 Å². The zero-order valence-electron chi connectivity index (χ0n) is 14.8. The molecule has 0 bridgehead atoms. The lowest BCUT2D eigenvalue weighted by Gasteiger charge is -2.27. The van der Waals surface area contributed by atoms with Gasteiger partial charge in [-0.05, 0) is 35.6 Å². The molecule has 5 nitrogen and oxygen atoms in total. The maximum atomic E-state index is 13.1. The van der Waals surface area contributed by atoms with Crippen molar-refractivity contribution in [1.82, 2.24) is 14.9 Å². The summed E-state index contributed by atoms with van der Waals surface area (Å²) in [5.41, 5.74) is 3.73. The van der Waals surface area contributed by atoms with Crippen LogP contribution in [-0.4, -0.2) is 54.3 Å². The van der Waals surface area contributed by atoms with Gasteiger partial charge in [0.25, 0.3) is 0 Å². The highest BCUT2D eigenvalue weighted by atomic mass is 19.1. The van der Waals surface area contributed by atoms with Gasteiger partial charge in [0, 0.05) is 44.8 Å². The standard InChI is InChI=1S/C20H23FN4O/c21-17-3-1-14(2-4-17)11-24-12-16-9-15-10-22-20(23-19(15)18(16)13-24)25-5-7-26-8-6-25/h1-4,10,16,18H,5-9,11-13H2/t16-,18-/m0/s1. The Kier molecular flexibility index (Phi) is 4.10. The molecule has 0 unspecified atom stereocenters. The molecule has 0 N–H and O–H groups in total. The van der Waals surface area contributed by atoms with E-state index in [1.165, 1.54) is 16.8 Å². The largest absolute Gasteiger partial charge is 0.378 e. The molecule has 2 aromatic rings. The average Bonchev–Trinajstić information content (AvgIpc) is 3.21. The number of benzene rings is 1. The molecule has 0 spiro atoms. The number of morpholine rings is 1. The van der Waals surface area contributed by atoms with Gasteiger partial charge in [-0.1, -0.05) is 12.1 Å². The number of halogens is 1. The molecule has 136 valence electrons. The molecular formula is C20H23FN4O. The minimum Gasteiger partial charge on any atom is -0.378 e. The number of fused-ring (bicyclic) bond motifs is 3. The number of hydrogen-bond donors (Lipinski definition) is 0. The van der Waals surface area contributed by atoms with Gasteiger partial charge in [0.2, 0.25) is 5.95 Å². The van der Waals surface area contributed by atoms with E-state index in [4.69, 9.17) is 9.72 Å². The molecule has 3 heterocycles. The van der Waals surface area contributed by atoms with Crippen LogP contribution in [0.25, 0.3) is 0 Å². The maximum Gasteiger partial charge on any atom is 0.225 e. The summed E-state index contributed by atoms with van der Waals surface area (Å²) in [6, 6.07) is 6.86. The summed E-state index contributed by atoms with van der Waals surface area (Å²) in [7, 11) is 0. The van der Waals surface area contributed by atoms with Crippen LogP contribution in [0.15, 0.2) is 30.5 Å². The van der Waals surface area contributed by atoms with E-state index in [1.807, 2.05) is 18.3 Å². The number of aromatic nitrogens is 2. The van der Waals surface area contributed by atoms with Crippen LogP contribution in [0.4, 0.5) is 10.3 Å². The first-order valence-electron chi connectivity index (χ1n) is 9.41. The maximum absolute atomic E-state index is 13.1. The highest BCUT2D eigenvalue weighted by Crippen LogP contribution is 2.42. The van der Waals surface area contributed by atoms with Gasteiger partial charge in [0.15, 0.2) is 0 Å². The lowest BCUT2D eigenvalue weighted by atomic mass is 9.99. The van der Waals surface area contributed by atoms with Crippen molar-refractivity contribution in [3.8, 4) is 0 Å². The smallest absolute Gasteiger partial charge is 0.225 e. The van der Waals surface area contributed by atoms with Crippen molar-refractivity contribution >= 4 is 5.95 Å². The predicted octanol–water partition coefficient (Wildman–Crippen LogP) is 2.22. The Labute approximate surface area is 152 Å². The molecule has 3 aliphatic rings. The molecule has 1 aliphatic carbocycles. The van der Waals surface area contributed by atoms with E-state index in [1.54, 1.807) is 12.1 Å². The molecule has 0 saturated carbocycles. The fourth-order valence-electron chi connectivity index (χ4n) is 4.54. The van der Waals surface area contributed by atoms with Crippen LogP contribution in [0.5, 0.6) is 0 Å². The van der Waals surface area contributed by atoms with Crippen molar-refractivity contribution < 1.29 is 9.13 Å². The monoisotopic (exact) mass is 354 g/mol. The molecule has 2 aliphatic heterocycles. The van der Waals surface area contributed by atoms with E-state index in [-0.39, 0.29) is 5.82 Å². The molecule has 0 amide bonds. The molecule has 1 aromatic carbocycles. The summed E-state index contributed by atoms with van der Waals surface area (Å²) in [5.74, 6) is 1.80. The average molecular weight is 354 g/mol. The van der Waals surface area contributed by atoms with E-state index in [0.29, 0.717) is 11.8 Å². The number of rotatable bonds is 3.